The fourth-order valence-corrected chi connectivity index (χ4v) is 2.83. The van der Waals surface area contributed by atoms with Crippen LogP contribution in [0.4, 0.5) is 4.39 Å². The van der Waals surface area contributed by atoms with E-state index in [1.807, 2.05) is 18.2 Å². The topological polar surface area (TPSA) is 47.3 Å². The molecule has 1 atom stereocenters. The molecule has 0 spiro atoms. The molecule has 21 heavy (non-hydrogen) atoms. The summed E-state index contributed by atoms with van der Waals surface area (Å²) in [5.74, 6) is 6.41. The highest BCUT2D eigenvalue weighted by molar-refractivity contribution is 5.45. The number of aryl methyl sites for hydroxylation is 1. The molecule has 1 unspecified atom stereocenters. The summed E-state index contributed by atoms with van der Waals surface area (Å²) in [6.07, 6.45) is 2.54. The van der Waals surface area contributed by atoms with Crippen LogP contribution < -0.4 is 16.0 Å². The molecule has 4 heteroatoms. The Kier molecular flexibility index (Phi) is 4.18. The van der Waals surface area contributed by atoms with Gasteiger partial charge in [-0.05, 0) is 36.5 Å². The van der Waals surface area contributed by atoms with Gasteiger partial charge in [-0.15, -0.1) is 0 Å². The van der Waals surface area contributed by atoms with Crippen LogP contribution in [-0.2, 0) is 12.8 Å². The molecule has 110 valence electrons. The SMILES string of the molecule is NNC(Cc1ccccc1F)c1cccc2c1OCCC2. The second kappa shape index (κ2) is 6.24. The largest absolute Gasteiger partial charge is 0.493 e. The molecule has 2 aromatic carbocycles. The minimum absolute atomic E-state index is 0.171. The van der Waals surface area contributed by atoms with Crippen molar-refractivity contribution in [2.45, 2.75) is 25.3 Å². The standard InChI is InChI=1S/C17H19FN2O/c18-15-9-2-1-5-13(15)11-16(20-19)14-8-3-6-12-7-4-10-21-17(12)14/h1-3,5-6,8-9,16,20H,4,7,10-11,19H2. The molecular formula is C17H19FN2O. The van der Waals surface area contributed by atoms with E-state index in [9.17, 15) is 4.39 Å². The fourth-order valence-electron chi connectivity index (χ4n) is 2.83. The van der Waals surface area contributed by atoms with E-state index in [1.54, 1.807) is 12.1 Å². The number of rotatable bonds is 4. The van der Waals surface area contributed by atoms with Crippen LogP contribution in [0.25, 0.3) is 0 Å². The second-order valence-electron chi connectivity index (χ2n) is 5.30. The number of hydrazine groups is 1. The zero-order valence-electron chi connectivity index (χ0n) is 11.8. The summed E-state index contributed by atoms with van der Waals surface area (Å²) in [6.45, 7) is 0.723. The number of ether oxygens (including phenoxy) is 1. The number of halogens is 1. The van der Waals surface area contributed by atoms with E-state index in [1.165, 1.54) is 11.6 Å². The van der Waals surface area contributed by atoms with Crippen LogP contribution in [0, 0.1) is 5.82 Å². The van der Waals surface area contributed by atoms with E-state index in [4.69, 9.17) is 10.6 Å². The van der Waals surface area contributed by atoms with Gasteiger partial charge in [0, 0.05) is 5.56 Å². The lowest BCUT2D eigenvalue weighted by molar-refractivity contribution is 0.281. The normalized spacial score (nSPS) is 15.1. The highest BCUT2D eigenvalue weighted by Gasteiger charge is 2.21. The first kappa shape index (κ1) is 14.0. The van der Waals surface area contributed by atoms with E-state index >= 15 is 0 Å². The monoisotopic (exact) mass is 286 g/mol. The third kappa shape index (κ3) is 2.91. The van der Waals surface area contributed by atoms with Crippen molar-refractivity contribution >= 4 is 0 Å². The van der Waals surface area contributed by atoms with Gasteiger partial charge < -0.3 is 4.74 Å². The summed E-state index contributed by atoms with van der Waals surface area (Å²) in [5, 5.41) is 0. The van der Waals surface area contributed by atoms with Gasteiger partial charge >= 0.3 is 0 Å². The first-order chi connectivity index (χ1) is 10.3. The molecule has 0 aromatic heterocycles. The predicted octanol–water partition coefficient (Wildman–Crippen LogP) is 2.90. The first-order valence-corrected chi connectivity index (χ1v) is 7.23. The Bertz CT molecular complexity index is 630. The quantitative estimate of drug-likeness (QED) is 0.671. The molecule has 0 radical (unpaired) electrons. The van der Waals surface area contributed by atoms with Crippen molar-refractivity contribution in [2.75, 3.05) is 6.61 Å². The zero-order valence-corrected chi connectivity index (χ0v) is 11.8. The van der Waals surface area contributed by atoms with Crippen molar-refractivity contribution in [1.29, 1.82) is 0 Å². The Labute approximate surface area is 123 Å². The number of hydrogen-bond donors (Lipinski definition) is 2. The average molecular weight is 286 g/mol. The lowest BCUT2D eigenvalue weighted by Gasteiger charge is -2.25. The van der Waals surface area contributed by atoms with Crippen LogP contribution in [0.15, 0.2) is 42.5 Å². The van der Waals surface area contributed by atoms with Crippen molar-refractivity contribution in [1.82, 2.24) is 5.43 Å². The minimum Gasteiger partial charge on any atom is -0.493 e. The minimum atomic E-state index is -0.205. The second-order valence-corrected chi connectivity index (χ2v) is 5.30. The number of fused-ring (bicyclic) bond motifs is 1. The Morgan fingerprint density at radius 1 is 1.19 bits per heavy atom. The van der Waals surface area contributed by atoms with Crippen molar-refractivity contribution < 1.29 is 9.13 Å². The van der Waals surface area contributed by atoms with Crippen LogP contribution >= 0.6 is 0 Å². The molecule has 1 aliphatic rings. The van der Waals surface area contributed by atoms with Crippen molar-refractivity contribution in [3.8, 4) is 5.75 Å². The van der Waals surface area contributed by atoms with Crippen LogP contribution in [0.5, 0.6) is 5.75 Å². The summed E-state index contributed by atoms with van der Waals surface area (Å²) in [5.41, 5.74) is 5.64. The van der Waals surface area contributed by atoms with Crippen molar-refractivity contribution in [3.63, 3.8) is 0 Å². The van der Waals surface area contributed by atoms with Gasteiger partial charge in [0.1, 0.15) is 11.6 Å². The molecule has 0 saturated heterocycles. The zero-order chi connectivity index (χ0) is 14.7. The van der Waals surface area contributed by atoms with Crippen molar-refractivity contribution in [3.05, 3.63) is 65.0 Å². The summed E-state index contributed by atoms with van der Waals surface area (Å²) in [4.78, 5) is 0. The van der Waals surface area contributed by atoms with Crippen molar-refractivity contribution in [2.24, 2.45) is 5.84 Å². The van der Waals surface area contributed by atoms with Gasteiger partial charge in [-0.1, -0.05) is 36.4 Å². The van der Waals surface area contributed by atoms with Crippen LogP contribution in [-0.4, -0.2) is 6.61 Å². The van der Waals surface area contributed by atoms with Gasteiger partial charge in [0.25, 0.3) is 0 Å². The van der Waals surface area contributed by atoms with Gasteiger partial charge in [-0.25, -0.2) is 4.39 Å². The van der Waals surface area contributed by atoms with Crippen LogP contribution in [0.1, 0.15) is 29.2 Å². The Balaban J connectivity index is 1.92. The average Bonchev–Trinajstić information content (AvgIpc) is 2.54. The van der Waals surface area contributed by atoms with Gasteiger partial charge in [-0.3, -0.25) is 11.3 Å². The summed E-state index contributed by atoms with van der Waals surface area (Å²) >= 11 is 0. The molecule has 3 N–H and O–H groups in total. The molecule has 0 amide bonds. The number of nitrogens with two attached hydrogens (primary N) is 1. The summed E-state index contributed by atoms with van der Waals surface area (Å²) in [7, 11) is 0. The third-order valence-corrected chi connectivity index (χ3v) is 3.92. The van der Waals surface area contributed by atoms with Crippen LogP contribution in [0.3, 0.4) is 0 Å². The number of benzene rings is 2. The maximum absolute atomic E-state index is 13.8. The molecule has 2 aromatic rings. The number of hydrogen-bond acceptors (Lipinski definition) is 3. The van der Waals surface area contributed by atoms with E-state index in [-0.39, 0.29) is 11.9 Å². The molecule has 3 nitrogen and oxygen atoms in total. The first-order valence-electron chi connectivity index (χ1n) is 7.23. The predicted molar refractivity (Wildman–Crippen MR) is 80.4 cm³/mol. The van der Waals surface area contributed by atoms with Gasteiger partial charge in [-0.2, -0.15) is 0 Å². The Hall–Kier alpha value is -1.91. The lowest BCUT2D eigenvalue weighted by atomic mass is 9.94. The van der Waals surface area contributed by atoms with E-state index < -0.39 is 0 Å². The maximum atomic E-state index is 13.8. The lowest BCUT2D eigenvalue weighted by Crippen LogP contribution is -2.30. The molecule has 3 rings (SSSR count). The number of para-hydroxylation sites is 1. The Morgan fingerprint density at radius 2 is 2.05 bits per heavy atom. The molecule has 0 aliphatic carbocycles. The molecule has 1 heterocycles. The van der Waals surface area contributed by atoms with E-state index in [2.05, 4.69) is 11.5 Å². The fraction of sp³-hybridized carbons (Fsp3) is 0.294. The molecular weight excluding hydrogens is 267 g/mol. The van der Waals surface area contributed by atoms with E-state index in [0.717, 1.165) is 30.8 Å². The molecule has 0 saturated carbocycles. The summed E-state index contributed by atoms with van der Waals surface area (Å²) < 4.78 is 19.7. The summed E-state index contributed by atoms with van der Waals surface area (Å²) in [6, 6.07) is 12.7. The molecule has 0 bridgehead atoms. The Morgan fingerprint density at radius 3 is 2.86 bits per heavy atom. The highest BCUT2D eigenvalue weighted by Crippen LogP contribution is 2.34. The van der Waals surface area contributed by atoms with Gasteiger partial charge in [0.05, 0.1) is 12.6 Å². The highest BCUT2D eigenvalue weighted by atomic mass is 19.1. The molecule has 0 fully saturated rings. The van der Waals surface area contributed by atoms with Gasteiger partial charge in [0.15, 0.2) is 0 Å². The van der Waals surface area contributed by atoms with Gasteiger partial charge in [0.2, 0.25) is 0 Å². The third-order valence-electron chi connectivity index (χ3n) is 3.92. The van der Waals surface area contributed by atoms with E-state index in [0.29, 0.717) is 12.0 Å². The molecule has 1 aliphatic heterocycles. The van der Waals surface area contributed by atoms with Crippen LogP contribution in [0.2, 0.25) is 0 Å². The number of nitrogens with one attached hydrogen (secondary N) is 1. The maximum Gasteiger partial charge on any atom is 0.127 e. The smallest absolute Gasteiger partial charge is 0.127 e.